The summed E-state index contributed by atoms with van der Waals surface area (Å²) in [6.07, 6.45) is 1.32. The van der Waals surface area contributed by atoms with E-state index in [1.807, 2.05) is 13.8 Å². The lowest BCUT2D eigenvalue weighted by molar-refractivity contribution is -0.150. The molecule has 1 N–H and O–H groups in total. The maximum absolute atomic E-state index is 10.9. The number of hydrogen-bond donors (Lipinski definition) is 1. The molecule has 1 heterocycles. The molecular weight excluding hydrogens is 196 g/mol. The van der Waals surface area contributed by atoms with Crippen LogP contribution in [0.4, 0.5) is 0 Å². The second-order valence-corrected chi connectivity index (χ2v) is 4.04. The van der Waals surface area contributed by atoms with Crippen LogP contribution in [0.3, 0.4) is 0 Å². The smallest absolute Gasteiger partial charge is 0.303 e. The normalized spacial score (nSPS) is 35.5. The van der Waals surface area contributed by atoms with E-state index in [9.17, 15) is 4.79 Å². The Kier molecular flexibility index (Phi) is 4.54. The molecule has 0 bridgehead atoms. The second-order valence-electron chi connectivity index (χ2n) is 4.04. The highest BCUT2D eigenvalue weighted by Crippen LogP contribution is 2.33. The third-order valence-electron chi connectivity index (χ3n) is 2.92. The molecule has 4 atom stereocenters. The summed E-state index contributed by atoms with van der Waals surface area (Å²) >= 11 is 0. The molecule has 0 aliphatic carbocycles. The quantitative estimate of drug-likeness (QED) is 0.715. The van der Waals surface area contributed by atoms with Crippen molar-refractivity contribution < 1.29 is 19.4 Å². The van der Waals surface area contributed by atoms with Gasteiger partial charge in [0, 0.05) is 19.4 Å². The molecule has 15 heavy (non-hydrogen) atoms. The van der Waals surface area contributed by atoms with Gasteiger partial charge in [-0.3, -0.25) is 4.79 Å². The van der Waals surface area contributed by atoms with E-state index in [0.29, 0.717) is 6.42 Å². The molecule has 1 unspecified atom stereocenters. The Morgan fingerprint density at radius 3 is 2.67 bits per heavy atom. The maximum atomic E-state index is 10.9. The minimum Gasteiger partial charge on any atom is -0.459 e. The van der Waals surface area contributed by atoms with E-state index in [-0.39, 0.29) is 36.8 Å². The molecule has 0 aromatic rings. The Morgan fingerprint density at radius 1 is 1.53 bits per heavy atom. The molecule has 4 nitrogen and oxygen atoms in total. The van der Waals surface area contributed by atoms with Crippen molar-refractivity contribution in [3.05, 3.63) is 0 Å². The summed E-state index contributed by atoms with van der Waals surface area (Å²) in [4.78, 5) is 10.9. The largest absolute Gasteiger partial charge is 0.459 e. The molecule has 1 rings (SSSR count). The minimum atomic E-state index is -0.282. The molecule has 0 spiro atoms. The highest BCUT2D eigenvalue weighted by molar-refractivity contribution is 5.66. The molecule has 1 fully saturated rings. The van der Waals surface area contributed by atoms with E-state index in [1.165, 1.54) is 6.92 Å². The van der Waals surface area contributed by atoms with Gasteiger partial charge in [0.25, 0.3) is 0 Å². The van der Waals surface area contributed by atoms with Crippen LogP contribution >= 0.6 is 0 Å². The highest BCUT2D eigenvalue weighted by Gasteiger charge is 2.42. The number of rotatable bonds is 4. The highest BCUT2D eigenvalue weighted by atomic mass is 16.6. The predicted molar refractivity (Wildman–Crippen MR) is 55.4 cm³/mol. The van der Waals surface area contributed by atoms with Gasteiger partial charge in [-0.05, 0) is 19.8 Å². The van der Waals surface area contributed by atoms with E-state index in [4.69, 9.17) is 14.6 Å². The first-order valence-electron chi connectivity index (χ1n) is 5.53. The van der Waals surface area contributed by atoms with Gasteiger partial charge in [-0.1, -0.05) is 6.92 Å². The number of carbonyl (C=O) groups is 1. The first kappa shape index (κ1) is 12.5. The Balaban J connectivity index is 2.67. The van der Waals surface area contributed by atoms with Crippen LogP contribution in [-0.4, -0.2) is 36.0 Å². The van der Waals surface area contributed by atoms with Crippen LogP contribution in [0, 0.1) is 5.92 Å². The fourth-order valence-corrected chi connectivity index (χ4v) is 2.29. The van der Waals surface area contributed by atoms with Gasteiger partial charge in [0.2, 0.25) is 0 Å². The molecule has 1 saturated heterocycles. The zero-order valence-electron chi connectivity index (χ0n) is 9.60. The Morgan fingerprint density at radius 2 is 2.20 bits per heavy atom. The molecule has 0 amide bonds. The fraction of sp³-hybridized carbons (Fsp3) is 0.909. The number of esters is 1. The monoisotopic (exact) mass is 216 g/mol. The number of aliphatic hydroxyl groups excluding tert-OH is 1. The summed E-state index contributed by atoms with van der Waals surface area (Å²) in [5, 5.41) is 8.98. The Hall–Kier alpha value is -0.610. The van der Waals surface area contributed by atoms with Crippen LogP contribution in [0.2, 0.25) is 0 Å². The Labute approximate surface area is 90.6 Å². The number of ether oxygens (including phenoxy) is 2. The van der Waals surface area contributed by atoms with Gasteiger partial charge in [-0.25, -0.2) is 0 Å². The van der Waals surface area contributed by atoms with Gasteiger partial charge in [0.05, 0.1) is 12.2 Å². The topological polar surface area (TPSA) is 55.8 Å². The molecular formula is C11H20O4. The lowest BCUT2D eigenvalue weighted by Gasteiger charge is -2.21. The summed E-state index contributed by atoms with van der Waals surface area (Å²) in [7, 11) is 0. The van der Waals surface area contributed by atoms with Crippen LogP contribution in [0.1, 0.15) is 33.6 Å². The van der Waals surface area contributed by atoms with Crippen LogP contribution in [0.15, 0.2) is 0 Å². The second kappa shape index (κ2) is 5.47. The van der Waals surface area contributed by atoms with Crippen LogP contribution in [0.25, 0.3) is 0 Å². The molecule has 0 aromatic carbocycles. The van der Waals surface area contributed by atoms with Crippen molar-refractivity contribution in [3.63, 3.8) is 0 Å². The zero-order chi connectivity index (χ0) is 11.4. The number of aliphatic hydroxyl groups is 1. The fourth-order valence-electron chi connectivity index (χ4n) is 2.29. The van der Waals surface area contributed by atoms with Crippen molar-refractivity contribution in [2.24, 2.45) is 5.92 Å². The molecule has 88 valence electrons. The summed E-state index contributed by atoms with van der Waals surface area (Å²) < 4.78 is 10.9. The molecule has 0 aromatic heterocycles. The average Bonchev–Trinajstić information content (AvgIpc) is 2.45. The van der Waals surface area contributed by atoms with Gasteiger partial charge in [-0.2, -0.15) is 0 Å². The average molecular weight is 216 g/mol. The van der Waals surface area contributed by atoms with E-state index in [2.05, 4.69) is 0 Å². The van der Waals surface area contributed by atoms with E-state index >= 15 is 0 Å². The van der Waals surface area contributed by atoms with Crippen molar-refractivity contribution in [3.8, 4) is 0 Å². The lowest BCUT2D eigenvalue weighted by Crippen LogP contribution is -2.31. The SMILES string of the molecule is CC[C@H]1O[C@@H](C)C(OC(C)=O)[C@H]1CCO. The Bertz CT molecular complexity index is 217. The van der Waals surface area contributed by atoms with Crippen LogP contribution < -0.4 is 0 Å². The third kappa shape index (κ3) is 2.92. The standard InChI is InChI=1S/C11H20O4/c1-4-10-9(5-6-12)11(7(2)14-10)15-8(3)13/h7,9-12H,4-6H2,1-3H3/t7-,9-,10+,11?/m0/s1. The summed E-state index contributed by atoms with van der Waals surface area (Å²) in [5.74, 6) is -0.158. The van der Waals surface area contributed by atoms with Crippen LogP contribution in [-0.2, 0) is 14.3 Å². The minimum absolute atomic E-state index is 0.0737. The number of carbonyl (C=O) groups excluding carboxylic acids is 1. The van der Waals surface area contributed by atoms with Gasteiger partial charge >= 0.3 is 5.97 Å². The van der Waals surface area contributed by atoms with Crippen molar-refractivity contribution >= 4 is 5.97 Å². The maximum Gasteiger partial charge on any atom is 0.303 e. The molecule has 1 aliphatic rings. The number of hydrogen-bond acceptors (Lipinski definition) is 4. The van der Waals surface area contributed by atoms with Gasteiger partial charge in [0.1, 0.15) is 6.10 Å². The van der Waals surface area contributed by atoms with Gasteiger partial charge in [0.15, 0.2) is 0 Å². The third-order valence-corrected chi connectivity index (χ3v) is 2.92. The lowest BCUT2D eigenvalue weighted by atomic mass is 9.92. The van der Waals surface area contributed by atoms with Crippen molar-refractivity contribution in [2.75, 3.05) is 6.61 Å². The van der Waals surface area contributed by atoms with Gasteiger partial charge < -0.3 is 14.6 Å². The molecule has 1 aliphatic heterocycles. The van der Waals surface area contributed by atoms with Crippen molar-refractivity contribution in [1.82, 2.24) is 0 Å². The molecule has 0 saturated carbocycles. The summed E-state index contributed by atoms with van der Waals surface area (Å²) in [5.41, 5.74) is 0. The summed E-state index contributed by atoms with van der Waals surface area (Å²) in [6, 6.07) is 0. The molecule has 0 radical (unpaired) electrons. The van der Waals surface area contributed by atoms with E-state index in [0.717, 1.165) is 6.42 Å². The van der Waals surface area contributed by atoms with Crippen molar-refractivity contribution in [1.29, 1.82) is 0 Å². The van der Waals surface area contributed by atoms with E-state index < -0.39 is 0 Å². The first-order chi connectivity index (χ1) is 7.10. The summed E-state index contributed by atoms with van der Waals surface area (Å²) in [6.45, 7) is 5.46. The predicted octanol–water partition coefficient (Wildman–Crippen LogP) is 1.11. The molecule has 4 heteroatoms. The van der Waals surface area contributed by atoms with Crippen LogP contribution in [0.5, 0.6) is 0 Å². The first-order valence-corrected chi connectivity index (χ1v) is 5.53. The van der Waals surface area contributed by atoms with Gasteiger partial charge in [-0.15, -0.1) is 0 Å². The van der Waals surface area contributed by atoms with E-state index in [1.54, 1.807) is 0 Å². The van der Waals surface area contributed by atoms with Crippen molar-refractivity contribution in [2.45, 2.75) is 51.9 Å². The zero-order valence-corrected chi connectivity index (χ0v) is 9.60.